The van der Waals surface area contributed by atoms with Crippen LogP contribution in [0.25, 0.3) is 5.69 Å². The van der Waals surface area contributed by atoms with Gasteiger partial charge in [-0.05, 0) is 51.0 Å². The molecule has 3 aromatic rings. The van der Waals surface area contributed by atoms with Crippen molar-refractivity contribution in [2.45, 2.75) is 32.8 Å². The predicted molar refractivity (Wildman–Crippen MR) is 95.3 cm³/mol. The predicted octanol–water partition coefficient (Wildman–Crippen LogP) is 2.71. The van der Waals surface area contributed by atoms with Gasteiger partial charge in [0.25, 0.3) is 5.91 Å². The van der Waals surface area contributed by atoms with Gasteiger partial charge in [-0.3, -0.25) is 15.2 Å². The second-order valence-corrected chi connectivity index (χ2v) is 6.39. The van der Waals surface area contributed by atoms with Crippen LogP contribution in [0.1, 0.15) is 46.5 Å². The van der Waals surface area contributed by atoms with Gasteiger partial charge >= 0.3 is 0 Å². The topological polar surface area (TPSA) is 97.7 Å². The van der Waals surface area contributed by atoms with Gasteiger partial charge in [-0.2, -0.15) is 10.1 Å². The number of aryl methyl sites for hydroxylation is 2. The molecule has 0 bridgehead atoms. The minimum Gasteiger partial charge on any atom is -0.370 e. The molecule has 0 spiro atoms. The van der Waals surface area contributed by atoms with Crippen molar-refractivity contribution < 1.29 is 9.53 Å². The number of benzene rings is 1. The Bertz CT molecular complexity index is 939. The molecular weight excluding hydrogens is 332 g/mol. The van der Waals surface area contributed by atoms with Crippen LogP contribution >= 0.6 is 0 Å². The average molecular weight is 352 g/mol. The number of ether oxygens (including phenoxy) is 1. The molecule has 0 unspecified atom stereocenters. The van der Waals surface area contributed by atoms with Crippen molar-refractivity contribution in [2.24, 2.45) is 0 Å². The van der Waals surface area contributed by atoms with Crippen LogP contribution in [0.3, 0.4) is 0 Å². The lowest BCUT2D eigenvalue weighted by atomic mass is 10.2. The van der Waals surface area contributed by atoms with E-state index in [1.54, 1.807) is 12.1 Å². The van der Waals surface area contributed by atoms with E-state index in [1.807, 2.05) is 36.7 Å². The van der Waals surface area contributed by atoms with Gasteiger partial charge in [0.2, 0.25) is 5.95 Å². The molecule has 0 radical (unpaired) electrons. The highest BCUT2D eigenvalue weighted by molar-refractivity contribution is 6.03. The average Bonchev–Trinajstić information content (AvgIpc) is 3.36. The summed E-state index contributed by atoms with van der Waals surface area (Å²) in [6.45, 7) is 4.65. The molecule has 1 saturated heterocycles. The van der Waals surface area contributed by atoms with Gasteiger partial charge in [0, 0.05) is 17.9 Å². The quantitative estimate of drug-likeness (QED) is 0.752. The molecule has 2 N–H and O–H groups in total. The SMILES string of the molecule is Cc1cc(C)n(-c2cccc(C(=O)Nc3n[nH]c([C@H]4CCCO4)n3)c2)n1. The van der Waals surface area contributed by atoms with Crippen molar-refractivity contribution in [1.29, 1.82) is 0 Å². The van der Waals surface area contributed by atoms with E-state index >= 15 is 0 Å². The van der Waals surface area contributed by atoms with Gasteiger partial charge in [-0.15, -0.1) is 5.10 Å². The first-order valence-electron chi connectivity index (χ1n) is 8.59. The van der Waals surface area contributed by atoms with Crippen molar-refractivity contribution in [2.75, 3.05) is 11.9 Å². The van der Waals surface area contributed by atoms with Crippen LogP contribution < -0.4 is 5.32 Å². The van der Waals surface area contributed by atoms with E-state index in [9.17, 15) is 4.79 Å². The Morgan fingerprint density at radius 1 is 1.35 bits per heavy atom. The van der Waals surface area contributed by atoms with Crippen LogP contribution in [0.2, 0.25) is 0 Å². The zero-order valence-corrected chi connectivity index (χ0v) is 14.7. The largest absolute Gasteiger partial charge is 0.370 e. The molecule has 8 nitrogen and oxygen atoms in total. The summed E-state index contributed by atoms with van der Waals surface area (Å²) in [5.74, 6) is 0.623. The summed E-state index contributed by atoms with van der Waals surface area (Å²) in [4.78, 5) is 16.9. The smallest absolute Gasteiger partial charge is 0.258 e. The summed E-state index contributed by atoms with van der Waals surface area (Å²) < 4.78 is 7.38. The third-order valence-electron chi connectivity index (χ3n) is 4.33. The van der Waals surface area contributed by atoms with Crippen LogP contribution in [0.4, 0.5) is 5.95 Å². The molecule has 4 rings (SSSR count). The monoisotopic (exact) mass is 352 g/mol. The Morgan fingerprint density at radius 3 is 2.96 bits per heavy atom. The van der Waals surface area contributed by atoms with E-state index in [2.05, 4.69) is 25.6 Å². The molecule has 0 aliphatic carbocycles. The molecule has 1 aliphatic heterocycles. The molecule has 0 saturated carbocycles. The van der Waals surface area contributed by atoms with Gasteiger partial charge in [-0.25, -0.2) is 4.68 Å². The first kappa shape index (κ1) is 16.5. The van der Waals surface area contributed by atoms with Gasteiger partial charge < -0.3 is 4.74 Å². The Labute approximate surface area is 150 Å². The fourth-order valence-electron chi connectivity index (χ4n) is 3.11. The molecule has 2 aromatic heterocycles. The highest BCUT2D eigenvalue weighted by Crippen LogP contribution is 2.26. The van der Waals surface area contributed by atoms with Crippen molar-refractivity contribution in [3.05, 3.63) is 53.1 Å². The normalized spacial score (nSPS) is 16.8. The number of rotatable bonds is 4. The number of nitrogens with one attached hydrogen (secondary N) is 2. The van der Waals surface area contributed by atoms with Crippen molar-refractivity contribution >= 4 is 11.9 Å². The molecule has 1 aliphatic rings. The molecule has 3 heterocycles. The number of H-pyrrole nitrogens is 1. The number of carbonyl (C=O) groups is 1. The molecule has 134 valence electrons. The van der Waals surface area contributed by atoms with Gasteiger partial charge in [-0.1, -0.05) is 6.07 Å². The summed E-state index contributed by atoms with van der Waals surface area (Å²) >= 11 is 0. The van der Waals surface area contributed by atoms with E-state index in [0.717, 1.165) is 36.5 Å². The number of aromatic amines is 1. The summed E-state index contributed by atoms with van der Waals surface area (Å²) in [6, 6.07) is 9.28. The van der Waals surface area contributed by atoms with Crippen LogP contribution in [0, 0.1) is 13.8 Å². The molecule has 8 heteroatoms. The molecular formula is C18H20N6O2. The van der Waals surface area contributed by atoms with Crippen molar-refractivity contribution in [3.8, 4) is 5.69 Å². The van der Waals surface area contributed by atoms with Crippen LogP contribution in [0.5, 0.6) is 0 Å². The van der Waals surface area contributed by atoms with Gasteiger partial charge in [0.1, 0.15) is 6.10 Å². The Kier molecular flexibility index (Phi) is 4.26. The van der Waals surface area contributed by atoms with Crippen LogP contribution in [-0.2, 0) is 4.74 Å². The van der Waals surface area contributed by atoms with E-state index < -0.39 is 0 Å². The zero-order valence-electron chi connectivity index (χ0n) is 14.7. The molecule has 1 atom stereocenters. The summed E-state index contributed by atoms with van der Waals surface area (Å²) in [6.07, 6.45) is 1.85. The number of anilines is 1. The van der Waals surface area contributed by atoms with Crippen LogP contribution in [0.15, 0.2) is 30.3 Å². The number of carbonyl (C=O) groups excluding carboxylic acids is 1. The Hall–Kier alpha value is -3.00. The maximum atomic E-state index is 12.6. The van der Waals surface area contributed by atoms with Crippen molar-refractivity contribution in [1.82, 2.24) is 25.0 Å². The lowest BCUT2D eigenvalue weighted by Crippen LogP contribution is -2.14. The molecule has 26 heavy (non-hydrogen) atoms. The minimum absolute atomic E-state index is 0.0671. The van der Waals surface area contributed by atoms with Gasteiger partial charge in [0.15, 0.2) is 5.82 Å². The maximum absolute atomic E-state index is 12.6. The lowest BCUT2D eigenvalue weighted by molar-refractivity contribution is 0.102. The molecule has 1 aromatic carbocycles. The van der Waals surface area contributed by atoms with E-state index in [4.69, 9.17) is 4.74 Å². The minimum atomic E-state index is -0.272. The first-order chi connectivity index (χ1) is 12.6. The van der Waals surface area contributed by atoms with E-state index in [0.29, 0.717) is 11.4 Å². The highest BCUT2D eigenvalue weighted by Gasteiger charge is 2.22. The highest BCUT2D eigenvalue weighted by atomic mass is 16.5. The number of aromatic nitrogens is 5. The Balaban J connectivity index is 1.51. The number of hydrogen-bond acceptors (Lipinski definition) is 5. The summed E-state index contributed by atoms with van der Waals surface area (Å²) in [5, 5.41) is 14.1. The number of amides is 1. The summed E-state index contributed by atoms with van der Waals surface area (Å²) in [7, 11) is 0. The fourth-order valence-corrected chi connectivity index (χ4v) is 3.11. The lowest BCUT2D eigenvalue weighted by Gasteiger charge is -2.07. The second-order valence-electron chi connectivity index (χ2n) is 6.39. The van der Waals surface area contributed by atoms with Gasteiger partial charge in [0.05, 0.1) is 11.4 Å². The third kappa shape index (κ3) is 3.23. The Morgan fingerprint density at radius 2 is 2.23 bits per heavy atom. The zero-order chi connectivity index (χ0) is 18.1. The van der Waals surface area contributed by atoms with Crippen molar-refractivity contribution in [3.63, 3.8) is 0 Å². The first-order valence-corrected chi connectivity index (χ1v) is 8.59. The number of hydrogen-bond donors (Lipinski definition) is 2. The number of nitrogens with zero attached hydrogens (tertiary/aromatic N) is 4. The third-order valence-corrected chi connectivity index (χ3v) is 4.33. The van der Waals surface area contributed by atoms with Crippen LogP contribution in [-0.4, -0.2) is 37.5 Å². The van der Waals surface area contributed by atoms with E-state index in [-0.39, 0.29) is 18.0 Å². The second kappa shape index (κ2) is 6.72. The fraction of sp³-hybridized carbons (Fsp3) is 0.333. The molecule has 1 fully saturated rings. The maximum Gasteiger partial charge on any atom is 0.258 e. The standard InChI is InChI=1S/C18H20N6O2/c1-11-9-12(2)24(23-11)14-6-3-5-13(10-14)17(25)20-18-19-16(21-22-18)15-7-4-8-26-15/h3,5-6,9-10,15H,4,7-8H2,1-2H3,(H2,19,20,21,22,25)/t15-/m1/s1. The molecule has 1 amide bonds. The summed E-state index contributed by atoms with van der Waals surface area (Å²) in [5.41, 5.74) is 3.28. The van der Waals surface area contributed by atoms with E-state index in [1.165, 1.54) is 0 Å².